The molecule has 2 rings (SSSR count). The lowest BCUT2D eigenvalue weighted by Crippen LogP contribution is -2.14. The minimum Gasteiger partial charge on any atom is -0.397 e. The minimum absolute atomic E-state index is 0.194. The van der Waals surface area contributed by atoms with E-state index in [-0.39, 0.29) is 5.91 Å². The molecule has 0 fully saturated rings. The summed E-state index contributed by atoms with van der Waals surface area (Å²) in [4.78, 5) is 18.0. The van der Waals surface area contributed by atoms with E-state index in [1.54, 1.807) is 18.2 Å². The van der Waals surface area contributed by atoms with Crippen LogP contribution in [0.1, 0.15) is 10.4 Å². The molecule has 5 nitrogen and oxygen atoms in total. The van der Waals surface area contributed by atoms with Crippen LogP contribution in [0, 0.1) is 0 Å². The number of benzene rings is 1. The summed E-state index contributed by atoms with van der Waals surface area (Å²) < 4.78 is 0. The summed E-state index contributed by atoms with van der Waals surface area (Å²) in [5, 5.41) is 2.73. The van der Waals surface area contributed by atoms with Crippen LogP contribution in [-0.2, 0) is 0 Å². The highest BCUT2D eigenvalue weighted by Crippen LogP contribution is 2.15. The van der Waals surface area contributed by atoms with Crippen LogP contribution in [0.15, 0.2) is 42.6 Å². The maximum Gasteiger partial charge on any atom is 0.256 e. The maximum absolute atomic E-state index is 12.1. The second-order valence-corrected chi connectivity index (χ2v) is 4.38. The van der Waals surface area contributed by atoms with Crippen LogP contribution in [0.25, 0.3) is 0 Å². The number of nitrogen functional groups attached to an aromatic ring is 1. The Morgan fingerprint density at radius 2 is 2.05 bits per heavy atom. The molecule has 0 unspecified atom stereocenters. The molecule has 98 valence electrons. The van der Waals surface area contributed by atoms with Crippen molar-refractivity contribution in [2.24, 2.45) is 0 Å². The van der Waals surface area contributed by atoms with Gasteiger partial charge in [-0.3, -0.25) is 4.79 Å². The number of aromatic nitrogens is 1. The number of hydrogen-bond donors (Lipinski definition) is 2. The number of pyridine rings is 1. The van der Waals surface area contributed by atoms with Crippen molar-refractivity contribution in [2.45, 2.75) is 0 Å². The highest BCUT2D eigenvalue weighted by Gasteiger charge is 2.08. The van der Waals surface area contributed by atoms with E-state index in [0.29, 0.717) is 17.1 Å². The Kier molecular flexibility index (Phi) is 3.66. The Labute approximate surface area is 112 Å². The Balaban J connectivity index is 2.15. The summed E-state index contributed by atoms with van der Waals surface area (Å²) in [7, 11) is 3.86. The van der Waals surface area contributed by atoms with E-state index < -0.39 is 0 Å². The van der Waals surface area contributed by atoms with Crippen LogP contribution in [0.5, 0.6) is 0 Å². The van der Waals surface area contributed by atoms with Gasteiger partial charge < -0.3 is 16.0 Å². The second kappa shape index (κ2) is 5.39. The third kappa shape index (κ3) is 3.22. The van der Waals surface area contributed by atoms with Gasteiger partial charge in [0, 0.05) is 25.3 Å². The van der Waals surface area contributed by atoms with E-state index in [1.165, 1.54) is 6.20 Å². The smallest absolute Gasteiger partial charge is 0.256 e. The summed E-state index contributed by atoms with van der Waals surface area (Å²) in [5.41, 5.74) is 7.66. The molecule has 0 saturated carbocycles. The Morgan fingerprint density at radius 1 is 1.26 bits per heavy atom. The van der Waals surface area contributed by atoms with Gasteiger partial charge in [-0.25, -0.2) is 4.98 Å². The highest BCUT2D eigenvalue weighted by molar-refractivity contribution is 6.04. The lowest BCUT2D eigenvalue weighted by atomic mass is 10.2. The number of hydrogen-bond acceptors (Lipinski definition) is 4. The van der Waals surface area contributed by atoms with Gasteiger partial charge in [0.2, 0.25) is 0 Å². The van der Waals surface area contributed by atoms with Crippen molar-refractivity contribution in [3.05, 3.63) is 48.2 Å². The summed E-state index contributed by atoms with van der Waals surface area (Å²) in [5.74, 6) is 0.287. The van der Waals surface area contributed by atoms with Crippen LogP contribution in [0.3, 0.4) is 0 Å². The first-order chi connectivity index (χ1) is 9.06. The van der Waals surface area contributed by atoms with Crippen molar-refractivity contribution in [2.75, 3.05) is 30.0 Å². The molecule has 1 aromatic heterocycles. The zero-order valence-corrected chi connectivity index (χ0v) is 10.9. The van der Waals surface area contributed by atoms with E-state index in [1.807, 2.05) is 37.2 Å². The van der Waals surface area contributed by atoms with Gasteiger partial charge >= 0.3 is 0 Å². The largest absolute Gasteiger partial charge is 0.397 e. The molecule has 2 aromatic rings. The van der Waals surface area contributed by atoms with E-state index in [4.69, 9.17) is 5.73 Å². The Hall–Kier alpha value is -2.56. The number of amides is 1. The molecule has 0 spiro atoms. The molecule has 19 heavy (non-hydrogen) atoms. The molecule has 0 aliphatic rings. The van der Waals surface area contributed by atoms with Crippen LogP contribution in [0.4, 0.5) is 17.2 Å². The molecule has 0 atom stereocenters. The van der Waals surface area contributed by atoms with E-state index in [9.17, 15) is 4.79 Å². The molecular formula is C14H16N4O. The van der Waals surface area contributed by atoms with Crippen LogP contribution >= 0.6 is 0 Å². The van der Waals surface area contributed by atoms with Crippen molar-refractivity contribution < 1.29 is 4.79 Å². The average Bonchev–Trinajstić information content (AvgIpc) is 2.41. The van der Waals surface area contributed by atoms with Crippen molar-refractivity contribution in [3.8, 4) is 0 Å². The third-order valence-electron chi connectivity index (χ3n) is 2.65. The molecule has 1 amide bonds. The quantitative estimate of drug-likeness (QED) is 0.881. The molecule has 1 heterocycles. The van der Waals surface area contributed by atoms with Gasteiger partial charge in [-0.2, -0.15) is 0 Å². The fraction of sp³-hybridized carbons (Fsp3) is 0.143. The third-order valence-corrected chi connectivity index (χ3v) is 2.65. The number of nitrogens with zero attached hydrogens (tertiary/aromatic N) is 2. The van der Waals surface area contributed by atoms with Gasteiger partial charge in [0.25, 0.3) is 5.91 Å². The second-order valence-electron chi connectivity index (χ2n) is 4.38. The number of carbonyl (C=O) groups is 1. The van der Waals surface area contributed by atoms with Crippen LogP contribution in [-0.4, -0.2) is 25.0 Å². The zero-order valence-electron chi connectivity index (χ0n) is 10.9. The molecule has 3 N–H and O–H groups in total. The molecular weight excluding hydrogens is 240 g/mol. The van der Waals surface area contributed by atoms with Gasteiger partial charge in [0.15, 0.2) is 0 Å². The van der Waals surface area contributed by atoms with Crippen molar-refractivity contribution in [3.63, 3.8) is 0 Å². The molecule has 0 aliphatic heterocycles. The lowest BCUT2D eigenvalue weighted by molar-refractivity contribution is 0.102. The van der Waals surface area contributed by atoms with Gasteiger partial charge in [0.05, 0.1) is 11.9 Å². The fourth-order valence-corrected chi connectivity index (χ4v) is 1.59. The summed E-state index contributed by atoms with van der Waals surface area (Å²) >= 11 is 0. The van der Waals surface area contributed by atoms with E-state index in [2.05, 4.69) is 10.3 Å². The minimum atomic E-state index is -0.194. The first-order valence-corrected chi connectivity index (χ1v) is 5.86. The Morgan fingerprint density at radius 3 is 2.68 bits per heavy atom. The maximum atomic E-state index is 12.1. The normalized spacial score (nSPS) is 10.0. The lowest BCUT2D eigenvalue weighted by Gasteiger charge is -2.13. The van der Waals surface area contributed by atoms with Crippen LogP contribution in [0.2, 0.25) is 0 Å². The van der Waals surface area contributed by atoms with Gasteiger partial charge in [0.1, 0.15) is 5.82 Å². The van der Waals surface area contributed by atoms with Gasteiger partial charge in [-0.05, 0) is 30.3 Å². The molecule has 0 aliphatic carbocycles. The first kappa shape index (κ1) is 12.9. The van der Waals surface area contributed by atoms with Crippen LogP contribution < -0.4 is 16.0 Å². The SMILES string of the molecule is CN(C)c1cccc(C(=O)Nc2ccc(N)cn2)c1. The molecule has 5 heteroatoms. The molecule has 0 bridgehead atoms. The number of nitrogens with one attached hydrogen (secondary N) is 1. The number of carbonyl (C=O) groups excluding carboxylic acids is 1. The molecule has 0 radical (unpaired) electrons. The van der Waals surface area contributed by atoms with E-state index >= 15 is 0 Å². The molecule has 1 aromatic carbocycles. The number of rotatable bonds is 3. The van der Waals surface area contributed by atoms with Crippen molar-refractivity contribution in [1.82, 2.24) is 4.98 Å². The summed E-state index contributed by atoms with van der Waals surface area (Å²) in [6.07, 6.45) is 1.51. The summed E-state index contributed by atoms with van der Waals surface area (Å²) in [6, 6.07) is 10.7. The fourth-order valence-electron chi connectivity index (χ4n) is 1.59. The standard InChI is InChI=1S/C14H16N4O/c1-18(2)12-5-3-4-10(8-12)14(19)17-13-7-6-11(15)9-16-13/h3-9H,15H2,1-2H3,(H,16,17,19). The highest BCUT2D eigenvalue weighted by atomic mass is 16.1. The summed E-state index contributed by atoms with van der Waals surface area (Å²) in [6.45, 7) is 0. The predicted molar refractivity (Wildman–Crippen MR) is 77.4 cm³/mol. The van der Waals surface area contributed by atoms with E-state index in [0.717, 1.165) is 5.69 Å². The monoisotopic (exact) mass is 256 g/mol. The average molecular weight is 256 g/mol. The van der Waals surface area contributed by atoms with Gasteiger partial charge in [-0.1, -0.05) is 6.07 Å². The predicted octanol–water partition coefficient (Wildman–Crippen LogP) is 1.98. The van der Waals surface area contributed by atoms with Crippen molar-refractivity contribution in [1.29, 1.82) is 0 Å². The first-order valence-electron chi connectivity index (χ1n) is 5.86. The zero-order chi connectivity index (χ0) is 13.8. The topological polar surface area (TPSA) is 71.2 Å². The van der Waals surface area contributed by atoms with Gasteiger partial charge in [-0.15, -0.1) is 0 Å². The number of anilines is 3. The number of nitrogens with two attached hydrogens (primary N) is 1. The molecule has 0 saturated heterocycles. The van der Waals surface area contributed by atoms with Crippen molar-refractivity contribution >= 4 is 23.1 Å². The Bertz CT molecular complexity index is 578.